The van der Waals surface area contributed by atoms with Gasteiger partial charge in [0.1, 0.15) is 12.4 Å². The van der Waals surface area contributed by atoms with Gasteiger partial charge in [-0.3, -0.25) is 4.79 Å². The summed E-state index contributed by atoms with van der Waals surface area (Å²) >= 11 is 0. The molecule has 1 unspecified atom stereocenters. The number of benzene rings is 2. The van der Waals surface area contributed by atoms with Crippen molar-refractivity contribution in [3.63, 3.8) is 0 Å². The second kappa shape index (κ2) is 11.1. The summed E-state index contributed by atoms with van der Waals surface area (Å²) in [4.78, 5) is 28.0. The van der Waals surface area contributed by atoms with E-state index in [4.69, 9.17) is 23.5 Å². The number of aromatic nitrogens is 1. The lowest BCUT2D eigenvalue weighted by Gasteiger charge is -2.30. The van der Waals surface area contributed by atoms with E-state index in [0.717, 1.165) is 11.3 Å². The average Bonchev–Trinajstić information content (AvgIpc) is 3.23. The van der Waals surface area contributed by atoms with Gasteiger partial charge in [-0.15, -0.1) is 0 Å². The third-order valence-corrected chi connectivity index (χ3v) is 5.83. The Morgan fingerprint density at radius 1 is 1.06 bits per heavy atom. The van der Waals surface area contributed by atoms with Crippen molar-refractivity contribution in [3.05, 3.63) is 76.7 Å². The van der Waals surface area contributed by atoms with Gasteiger partial charge in [0.25, 0.3) is 5.91 Å². The van der Waals surface area contributed by atoms with Gasteiger partial charge in [-0.1, -0.05) is 35.5 Å². The predicted molar refractivity (Wildman–Crippen MR) is 125 cm³/mol. The Bertz CT molecular complexity index is 1150. The first kappa shape index (κ1) is 24.3. The van der Waals surface area contributed by atoms with Gasteiger partial charge >= 0.3 is 5.97 Å². The molecular weight excluding hydrogens is 452 g/mol. The van der Waals surface area contributed by atoms with Crippen molar-refractivity contribution in [1.29, 1.82) is 0 Å². The van der Waals surface area contributed by atoms with Gasteiger partial charge in [0.2, 0.25) is 6.10 Å². The summed E-state index contributed by atoms with van der Waals surface area (Å²) in [6.45, 7) is 5.70. The van der Waals surface area contributed by atoms with Gasteiger partial charge in [0.05, 0.1) is 37.1 Å². The molecule has 9 heteroatoms. The molecule has 1 saturated heterocycles. The van der Waals surface area contributed by atoms with E-state index < -0.39 is 12.1 Å². The Balaban J connectivity index is 1.51. The van der Waals surface area contributed by atoms with E-state index in [1.54, 1.807) is 41.3 Å². The molecule has 0 bridgehead atoms. The number of carbonyl (C=O) groups is 2. The van der Waals surface area contributed by atoms with Crippen LogP contribution in [0.2, 0.25) is 0 Å². The van der Waals surface area contributed by atoms with Crippen molar-refractivity contribution in [2.45, 2.75) is 26.6 Å². The number of methoxy groups -OCH3 is 1. The molecule has 3 aromatic rings. The number of hydrogen-bond donors (Lipinski definition) is 0. The Labute approximate surface area is 203 Å². The first-order valence-electron chi connectivity index (χ1n) is 11.3. The molecule has 0 N–H and O–H groups in total. The van der Waals surface area contributed by atoms with Crippen LogP contribution in [-0.4, -0.2) is 55.3 Å². The lowest BCUT2D eigenvalue weighted by Crippen LogP contribution is -2.44. The summed E-state index contributed by atoms with van der Waals surface area (Å²) in [6.07, 6.45) is -1.07. The molecule has 1 aromatic heterocycles. The van der Waals surface area contributed by atoms with Crippen molar-refractivity contribution >= 4 is 11.9 Å². The van der Waals surface area contributed by atoms with Gasteiger partial charge in [-0.2, -0.15) is 0 Å². The zero-order valence-corrected chi connectivity index (χ0v) is 20.0. The number of amides is 1. The van der Waals surface area contributed by atoms with E-state index in [2.05, 4.69) is 5.16 Å². The topological polar surface area (TPSA) is 100 Å². The number of esters is 1. The van der Waals surface area contributed by atoms with Crippen molar-refractivity contribution in [1.82, 2.24) is 10.1 Å². The Morgan fingerprint density at radius 2 is 1.80 bits per heavy atom. The highest BCUT2D eigenvalue weighted by atomic mass is 16.6. The number of carbonyl (C=O) groups excluding carboxylic acids is 2. The minimum atomic E-state index is -1.07. The van der Waals surface area contributed by atoms with Crippen LogP contribution in [-0.2, 0) is 20.9 Å². The van der Waals surface area contributed by atoms with Crippen LogP contribution >= 0.6 is 0 Å². The zero-order valence-electron chi connectivity index (χ0n) is 20.0. The van der Waals surface area contributed by atoms with Crippen LogP contribution in [0.1, 0.15) is 39.0 Å². The maximum absolute atomic E-state index is 13.2. The predicted octanol–water partition coefficient (Wildman–Crippen LogP) is 3.64. The molecule has 0 saturated carbocycles. The maximum Gasteiger partial charge on any atom is 0.339 e. The van der Waals surface area contributed by atoms with E-state index in [1.165, 1.54) is 13.2 Å². The summed E-state index contributed by atoms with van der Waals surface area (Å²) < 4.78 is 27.6. The molecular formula is C26H28N2O7. The SMILES string of the molecule is COc1cc(C(=O)OC(C(=O)N2CCOCC2)c2ccccc2)ccc1OCc1c(C)noc1C. The van der Waals surface area contributed by atoms with Gasteiger partial charge in [0, 0.05) is 18.7 Å². The standard InChI is InChI=1S/C26H28N2O7/c1-17-21(18(2)35-27-17)16-33-22-10-9-20(15-23(22)31-3)26(30)34-24(19-7-5-4-6-8-19)25(29)28-11-13-32-14-12-28/h4-10,15,24H,11-14,16H2,1-3H3. The molecule has 0 aliphatic carbocycles. The average molecular weight is 481 g/mol. The number of ether oxygens (including phenoxy) is 4. The van der Waals surface area contributed by atoms with Crippen molar-refractivity contribution in [2.24, 2.45) is 0 Å². The molecule has 1 fully saturated rings. The minimum absolute atomic E-state index is 0.238. The summed E-state index contributed by atoms with van der Waals surface area (Å²) in [5.41, 5.74) is 2.44. The lowest BCUT2D eigenvalue weighted by molar-refractivity contribution is -0.145. The Kier molecular flexibility index (Phi) is 7.67. The maximum atomic E-state index is 13.2. The van der Waals surface area contributed by atoms with Crippen LogP contribution in [0, 0.1) is 13.8 Å². The lowest BCUT2D eigenvalue weighted by atomic mass is 10.1. The first-order valence-corrected chi connectivity index (χ1v) is 11.3. The third kappa shape index (κ3) is 5.63. The quantitative estimate of drug-likeness (QED) is 0.451. The zero-order chi connectivity index (χ0) is 24.8. The van der Waals surface area contributed by atoms with Crippen LogP contribution < -0.4 is 9.47 Å². The number of nitrogens with zero attached hydrogens (tertiary/aromatic N) is 2. The monoisotopic (exact) mass is 480 g/mol. The normalized spacial score (nSPS) is 14.3. The third-order valence-electron chi connectivity index (χ3n) is 5.83. The number of rotatable bonds is 8. The summed E-state index contributed by atoms with van der Waals surface area (Å²) in [7, 11) is 1.49. The number of hydrogen-bond acceptors (Lipinski definition) is 8. The molecule has 9 nitrogen and oxygen atoms in total. The molecule has 2 heterocycles. The van der Waals surface area contributed by atoms with Gasteiger partial charge in [-0.25, -0.2) is 4.79 Å². The summed E-state index contributed by atoms with van der Waals surface area (Å²) in [6, 6.07) is 13.7. The fourth-order valence-corrected chi connectivity index (χ4v) is 3.79. The molecule has 0 radical (unpaired) electrons. The highest BCUT2D eigenvalue weighted by molar-refractivity contribution is 5.93. The second-order valence-corrected chi connectivity index (χ2v) is 8.09. The Morgan fingerprint density at radius 3 is 2.46 bits per heavy atom. The van der Waals surface area contributed by atoms with E-state index in [1.807, 2.05) is 19.9 Å². The molecule has 35 heavy (non-hydrogen) atoms. The second-order valence-electron chi connectivity index (χ2n) is 8.09. The molecule has 1 atom stereocenters. The molecule has 2 aromatic carbocycles. The molecule has 1 aliphatic heterocycles. The highest BCUT2D eigenvalue weighted by Crippen LogP contribution is 2.31. The number of morpholine rings is 1. The van der Waals surface area contributed by atoms with Gasteiger partial charge in [0.15, 0.2) is 11.5 Å². The van der Waals surface area contributed by atoms with E-state index in [9.17, 15) is 9.59 Å². The fourth-order valence-electron chi connectivity index (χ4n) is 3.79. The van der Waals surface area contributed by atoms with Crippen LogP contribution in [0.5, 0.6) is 11.5 Å². The number of aryl methyl sites for hydroxylation is 2. The van der Waals surface area contributed by atoms with E-state index in [0.29, 0.717) is 49.1 Å². The Hall–Kier alpha value is -3.85. The van der Waals surface area contributed by atoms with Gasteiger partial charge < -0.3 is 28.4 Å². The summed E-state index contributed by atoms with van der Waals surface area (Å²) in [5.74, 6) is 0.573. The smallest absolute Gasteiger partial charge is 0.339 e. The van der Waals surface area contributed by atoms with E-state index >= 15 is 0 Å². The van der Waals surface area contributed by atoms with Crippen molar-refractivity contribution < 1.29 is 33.1 Å². The minimum Gasteiger partial charge on any atom is -0.493 e. The van der Waals surface area contributed by atoms with Crippen molar-refractivity contribution in [2.75, 3.05) is 33.4 Å². The first-order chi connectivity index (χ1) is 17.0. The molecule has 184 valence electrons. The van der Waals surface area contributed by atoms with Crippen molar-refractivity contribution in [3.8, 4) is 11.5 Å². The van der Waals surface area contributed by atoms with Crippen LogP contribution in [0.4, 0.5) is 0 Å². The summed E-state index contributed by atoms with van der Waals surface area (Å²) in [5, 5.41) is 3.92. The molecule has 1 amide bonds. The largest absolute Gasteiger partial charge is 0.493 e. The van der Waals surface area contributed by atoms with Crippen LogP contribution in [0.25, 0.3) is 0 Å². The van der Waals surface area contributed by atoms with Gasteiger partial charge in [-0.05, 0) is 32.0 Å². The molecule has 1 aliphatic rings. The van der Waals surface area contributed by atoms with E-state index in [-0.39, 0.29) is 18.1 Å². The highest BCUT2D eigenvalue weighted by Gasteiger charge is 2.31. The van der Waals surface area contributed by atoms with Crippen LogP contribution in [0.3, 0.4) is 0 Å². The molecule has 4 rings (SSSR count). The molecule has 0 spiro atoms. The van der Waals surface area contributed by atoms with Crippen LogP contribution in [0.15, 0.2) is 53.1 Å². The fraction of sp³-hybridized carbons (Fsp3) is 0.346.